The molecule has 0 bridgehead atoms. The first kappa shape index (κ1) is 18.6. The van der Waals surface area contributed by atoms with Gasteiger partial charge in [0.2, 0.25) is 0 Å². The van der Waals surface area contributed by atoms with Gasteiger partial charge in [-0.2, -0.15) is 5.10 Å². The lowest BCUT2D eigenvalue weighted by atomic mass is 10.2. The molecule has 132 valence electrons. The zero-order chi connectivity index (χ0) is 18.0. The lowest BCUT2D eigenvalue weighted by molar-refractivity contribution is -0.118. The molecular formula is C17H15N5OS3. The second-order valence-corrected chi connectivity index (χ2v) is 8.40. The standard InChI is InChI=1S/C17H15N5OS3/c23-15(20-19-10-14-7-4-8-18-9-14)12-25-17-22-21-16(26-17)24-11-13-5-2-1-3-6-13/h1-10H,11-12H2,(H,20,23)/b19-10-. The van der Waals surface area contributed by atoms with Crippen LogP contribution in [0.15, 0.2) is 68.6 Å². The summed E-state index contributed by atoms with van der Waals surface area (Å²) in [7, 11) is 0. The van der Waals surface area contributed by atoms with Gasteiger partial charge in [0.1, 0.15) is 0 Å². The fourth-order valence-electron chi connectivity index (χ4n) is 1.82. The molecule has 2 aromatic heterocycles. The highest BCUT2D eigenvalue weighted by Gasteiger charge is 2.08. The average molecular weight is 402 g/mol. The molecule has 0 spiro atoms. The van der Waals surface area contributed by atoms with E-state index in [1.165, 1.54) is 28.7 Å². The van der Waals surface area contributed by atoms with Gasteiger partial charge in [-0.1, -0.05) is 71.3 Å². The molecule has 0 atom stereocenters. The number of aromatic nitrogens is 3. The molecule has 0 aliphatic rings. The van der Waals surface area contributed by atoms with E-state index < -0.39 is 0 Å². The van der Waals surface area contributed by atoms with Crippen LogP contribution in [0.25, 0.3) is 0 Å². The van der Waals surface area contributed by atoms with Gasteiger partial charge in [-0.15, -0.1) is 10.2 Å². The van der Waals surface area contributed by atoms with Crippen LogP contribution in [0.3, 0.4) is 0 Å². The lowest BCUT2D eigenvalue weighted by Gasteiger charge is -1.97. The van der Waals surface area contributed by atoms with Crippen molar-refractivity contribution in [3.8, 4) is 0 Å². The summed E-state index contributed by atoms with van der Waals surface area (Å²) in [6, 6.07) is 13.9. The first-order valence-electron chi connectivity index (χ1n) is 7.64. The van der Waals surface area contributed by atoms with Crippen molar-refractivity contribution in [3.63, 3.8) is 0 Å². The molecule has 0 unspecified atom stereocenters. The molecule has 0 aliphatic carbocycles. The third-order valence-corrected chi connectivity index (χ3v) is 6.27. The number of nitrogens with zero attached hydrogens (tertiary/aromatic N) is 4. The summed E-state index contributed by atoms with van der Waals surface area (Å²) < 4.78 is 1.67. The Morgan fingerprint density at radius 3 is 2.69 bits per heavy atom. The summed E-state index contributed by atoms with van der Waals surface area (Å²) in [4.78, 5) is 15.8. The number of thioether (sulfide) groups is 2. The average Bonchev–Trinajstić information content (AvgIpc) is 3.14. The predicted molar refractivity (Wildman–Crippen MR) is 107 cm³/mol. The number of pyridine rings is 1. The maximum absolute atomic E-state index is 11.8. The first-order valence-corrected chi connectivity index (χ1v) is 10.4. The van der Waals surface area contributed by atoms with Crippen molar-refractivity contribution in [1.29, 1.82) is 0 Å². The smallest absolute Gasteiger partial charge is 0.250 e. The minimum Gasteiger partial charge on any atom is -0.272 e. The Bertz CT molecular complexity index is 855. The monoisotopic (exact) mass is 401 g/mol. The molecule has 0 saturated carbocycles. The molecule has 26 heavy (non-hydrogen) atoms. The maximum Gasteiger partial charge on any atom is 0.250 e. The fraction of sp³-hybridized carbons (Fsp3) is 0.118. The van der Waals surface area contributed by atoms with E-state index in [4.69, 9.17) is 0 Å². The molecular weight excluding hydrogens is 386 g/mol. The molecule has 2 heterocycles. The van der Waals surface area contributed by atoms with Crippen molar-refractivity contribution >= 4 is 47.0 Å². The van der Waals surface area contributed by atoms with E-state index >= 15 is 0 Å². The van der Waals surface area contributed by atoms with E-state index in [1.54, 1.807) is 30.4 Å². The van der Waals surface area contributed by atoms with Gasteiger partial charge in [-0.3, -0.25) is 9.78 Å². The third-order valence-electron chi connectivity index (χ3n) is 3.01. The van der Waals surface area contributed by atoms with E-state index in [0.717, 1.165) is 20.0 Å². The number of amides is 1. The number of hydrazone groups is 1. The zero-order valence-electron chi connectivity index (χ0n) is 13.6. The van der Waals surface area contributed by atoms with Crippen LogP contribution in [-0.4, -0.2) is 33.1 Å². The summed E-state index contributed by atoms with van der Waals surface area (Å²) in [6.07, 6.45) is 4.90. The van der Waals surface area contributed by atoms with Crippen LogP contribution in [0.5, 0.6) is 0 Å². The minimum atomic E-state index is -0.191. The Balaban J connectivity index is 1.40. The number of carbonyl (C=O) groups is 1. The normalized spacial score (nSPS) is 10.9. The molecule has 0 saturated heterocycles. The van der Waals surface area contributed by atoms with Gasteiger partial charge in [0.25, 0.3) is 5.91 Å². The highest BCUT2D eigenvalue weighted by Crippen LogP contribution is 2.30. The molecule has 1 aromatic carbocycles. The Labute approximate surface area is 163 Å². The number of carbonyl (C=O) groups excluding carboxylic acids is 1. The van der Waals surface area contributed by atoms with Gasteiger partial charge in [0.15, 0.2) is 8.68 Å². The number of nitrogens with one attached hydrogen (secondary N) is 1. The predicted octanol–water partition coefficient (Wildman–Crippen LogP) is 3.47. The van der Waals surface area contributed by atoms with Crippen LogP contribution in [0.2, 0.25) is 0 Å². The molecule has 3 rings (SSSR count). The Hall–Kier alpha value is -2.23. The molecule has 6 nitrogen and oxygen atoms in total. The number of hydrogen-bond acceptors (Lipinski definition) is 8. The van der Waals surface area contributed by atoms with Gasteiger partial charge >= 0.3 is 0 Å². The molecule has 1 amide bonds. The number of hydrogen-bond donors (Lipinski definition) is 1. The summed E-state index contributed by atoms with van der Waals surface area (Å²) in [5.74, 6) is 0.898. The van der Waals surface area contributed by atoms with Crippen molar-refractivity contribution in [2.75, 3.05) is 5.75 Å². The van der Waals surface area contributed by atoms with Crippen LogP contribution in [-0.2, 0) is 10.5 Å². The summed E-state index contributed by atoms with van der Waals surface area (Å²) in [5, 5.41) is 12.2. The Kier molecular flexibility index (Phi) is 7.17. The highest BCUT2D eigenvalue weighted by atomic mass is 32.2. The summed E-state index contributed by atoms with van der Waals surface area (Å²) in [5.41, 5.74) is 4.56. The zero-order valence-corrected chi connectivity index (χ0v) is 16.1. The van der Waals surface area contributed by atoms with Gasteiger partial charge in [0.05, 0.1) is 12.0 Å². The minimum absolute atomic E-state index is 0.191. The topological polar surface area (TPSA) is 80.1 Å². The molecule has 3 aromatic rings. The van der Waals surface area contributed by atoms with Crippen LogP contribution in [0.4, 0.5) is 0 Å². The maximum atomic E-state index is 11.8. The quantitative estimate of drug-likeness (QED) is 0.354. The summed E-state index contributed by atoms with van der Waals surface area (Å²) in [6.45, 7) is 0. The molecule has 9 heteroatoms. The molecule has 0 fully saturated rings. The van der Waals surface area contributed by atoms with E-state index in [9.17, 15) is 4.79 Å². The van der Waals surface area contributed by atoms with Crippen molar-refractivity contribution in [2.24, 2.45) is 5.10 Å². The van der Waals surface area contributed by atoms with Crippen LogP contribution < -0.4 is 5.43 Å². The molecule has 1 N–H and O–H groups in total. The Morgan fingerprint density at radius 1 is 1.12 bits per heavy atom. The van der Waals surface area contributed by atoms with E-state index in [-0.39, 0.29) is 11.7 Å². The van der Waals surface area contributed by atoms with Crippen LogP contribution >= 0.6 is 34.9 Å². The second kappa shape index (κ2) is 10.0. The van der Waals surface area contributed by atoms with Crippen molar-refractivity contribution in [2.45, 2.75) is 14.4 Å². The fourth-order valence-corrected chi connectivity index (χ4v) is 4.59. The third kappa shape index (κ3) is 6.25. The van der Waals surface area contributed by atoms with Gasteiger partial charge < -0.3 is 0 Å². The number of rotatable bonds is 8. The SMILES string of the molecule is O=C(CSc1nnc(SCc2ccccc2)s1)N/N=C\c1cccnc1. The second-order valence-electron chi connectivity index (χ2n) is 4.98. The van der Waals surface area contributed by atoms with E-state index in [1.807, 2.05) is 30.3 Å². The number of benzene rings is 1. The van der Waals surface area contributed by atoms with Crippen molar-refractivity contribution < 1.29 is 4.79 Å². The lowest BCUT2D eigenvalue weighted by Crippen LogP contribution is -2.19. The summed E-state index contributed by atoms with van der Waals surface area (Å²) >= 11 is 4.48. The van der Waals surface area contributed by atoms with Gasteiger partial charge in [-0.25, -0.2) is 5.43 Å². The van der Waals surface area contributed by atoms with Crippen molar-refractivity contribution in [3.05, 3.63) is 66.0 Å². The highest BCUT2D eigenvalue weighted by molar-refractivity contribution is 8.03. The van der Waals surface area contributed by atoms with Crippen molar-refractivity contribution in [1.82, 2.24) is 20.6 Å². The Morgan fingerprint density at radius 2 is 1.92 bits per heavy atom. The van der Waals surface area contributed by atoms with E-state index in [0.29, 0.717) is 0 Å². The van der Waals surface area contributed by atoms with Crippen LogP contribution in [0.1, 0.15) is 11.1 Å². The molecule has 0 radical (unpaired) electrons. The molecule has 0 aliphatic heterocycles. The van der Waals surface area contributed by atoms with Gasteiger partial charge in [-0.05, 0) is 11.6 Å². The largest absolute Gasteiger partial charge is 0.272 e. The van der Waals surface area contributed by atoms with Crippen LogP contribution in [0, 0.1) is 0 Å². The van der Waals surface area contributed by atoms with E-state index in [2.05, 4.69) is 37.8 Å². The first-order chi connectivity index (χ1) is 12.8. The van der Waals surface area contributed by atoms with Gasteiger partial charge in [0, 0.05) is 23.7 Å².